The molecule has 0 saturated heterocycles. The number of nitrogens with one attached hydrogen (secondary N) is 2. The van der Waals surface area contributed by atoms with Crippen LogP contribution in [0.4, 0.5) is 4.79 Å². The molecule has 0 spiro atoms. The molecule has 2 unspecified atom stereocenters. The molecule has 4 N–H and O–H groups in total. The molecule has 0 aliphatic rings. The number of aromatic nitrogens is 4. The van der Waals surface area contributed by atoms with Crippen LogP contribution in [0.1, 0.15) is 23.8 Å². The van der Waals surface area contributed by atoms with Gasteiger partial charge in [0, 0.05) is 6.54 Å². The summed E-state index contributed by atoms with van der Waals surface area (Å²) in [6, 6.07) is 9.30. The van der Waals surface area contributed by atoms with Crippen LogP contribution in [-0.2, 0) is 11.3 Å². The van der Waals surface area contributed by atoms with Crippen LogP contribution in [0.15, 0.2) is 43.0 Å². The first-order valence-corrected chi connectivity index (χ1v) is 8.10. The summed E-state index contributed by atoms with van der Waals surface area (Å²) in [7, 11) is 0. The van der Waals surface area contributed by atoms with Gasteiger partial charge in [-0.05, 0) is 12.0 Å². The first kappa shape index (κ1) is 17.8. The number of H-pyrrole nitrogens is 1. The highest BCUT2D eigenvalue weighted by Gasteiger charge is 2.23. The summed E-state index contributed by atoms with van der Waals surface area (Å²) in [6.07, 6.45) is -0.108. The summed E-state index contributed by atoms with van der Waals surface area (Å²) in [5.41, 5.74) is 2.01. The van der Waals surface area contributed by atoms with E-state index in [-0.39, 0.29) is 25.3 Å². The normalized spacial score (nSPS) is 13.3. The van der Waals surface area contributed by atoms with Gasteiger partial charge in [-0.15, -0.1) is 0 Å². The third-order valence-electron chi connectivity index (χ3n) is 3.82. The maximum Gasteiger partial charge on any atom is 0.407 e. The second-order valence-corrected chi connectivity index (χ2v) is 5.65. The standard InChI is InChI=1S/C17H19N5O4/c23-12(15(24)13-14-16(21-9-19-13)22-10-20-14)6-7-18-17(25)26-8-11-4-2-1-3-5-11/h1-5,9-10,12,15,23-24H,6-8H2,(H,18,25)(H,19,20,21,22). The zero-order chi connectivity index (χ0) is 18.4. The Morgan fingerprint density at radius 1 is 1.19 bits per heavy atom. The van der Waals surface area contributed by atoms with E-state index in [4.69, 9.17) is 4.74 Å². The molecule has 9 nitrogen and oxygen atoms in total. The number of carbonyl (C=O) groups excluding carboxylic acids is 1. The molecule has 0 aliphatic carbocycles. The van der Waals surface area contributed by atoms with Gasteiger partial charge in [-0.2, -0.15) is 0 Å². The maximum atomic E-state index is 11.7. The molecule has 0 bridgehead atoms. The minimum absolute atomic E-state index is 0.126. The topological polar surface area (TPSA) is 133 Å². The van der Waals surface area contributed by atoms with E-state index in [1.165, 1.54) is 12.7 Å². The largest absolute Gasteiger partial charge is 0.445 e. The highest BCUT2D eigenvalue weighted by Crippen LogP contribution is 2.21. The molecule has 1 aromatic carbocycles. The Labute approximate surface area is 149 Å². The van der Waals surface area contributed by atoms with Crippen LogP contribution in [0, 0.1) is 0 Å². The average molecular weight is 357 g/mol. The van der Waals surface area contributed by atoms with Gasteiger partial charge in [0.1, 0.15) is 30.2 Å². The van der Waals surface area contributed by atoms with Crippen molar-refractivity contribution in [2.45, 2.75) is 25.2 Å². The van der Waals surface area contributed by atoms with E-state index < -0.39 is 18.3 Å². The predicted molar refractivity (Wildman–Crippen MR) is 91.9 cm³/mol. The third kappa shape index (κ3) is 4.32. The van der Waals surface area contributed by atoms with Crippen molar-refractivity contribution < 1.29 is 19.7 Å². The summed E-state index contributed by atoms with van der Waals surface area (Å²) in [5, 5.41) is 23.0. The Kier molecular flexibility index (Phi) is 5.72. The van der Waals surface area contributed by atoms with Crippen LogP contribution >= 0.6 is 0 Å². The van der Waals surface area contributed by atoms with Gasteiger partial charge in [-0.25, -0.2) is 19.7 Å². The molecular formula is C17H19N5O4. The van der Waals surface area contributed by atoms with Gasteiger partial charge in [0.25, 0.3) is 0 Å². The third-order valence-corrected chi connectivity index (χ3v) is 3.82. The molecule has 0 fully saturated rings. The fourth-order valence-corrected chi connectivity index (χ4v) is 2.44. The molecule has 1 amide bonds. The van der Waals surface area contributed by atoms with Crippen LogP contribution in [0.25, 0.3) is 11.2 Å². The summed E-state index contributed by atoms with van der Waals surface area (Å²) in [6.45, 7) is 0.305. The van der Waals surface area contributed by atoms with Crippen molar-refractivity contribution in [1.29, 1.82) is 0 Å². The van der Waals surface area contributed by atoms with E-state index in [0.717, 1.165) is 5.56 Å². The van der Waals surface area contributed by atoms with E-state index >= 15 is 0 Å². The van der Waals surface area contributed by atoms with Gasteiger partial charge in [-0.1, -0.05) is 30.3 Å². The molecule has 9 heteroatoms. The van der Waals surface area contributed by atoms with E-state index in [2.05, 4.69) is 25.3 Å². The van der Waals surface area contributed by atoms with E-state index in [0.29, 0.717) is 11.2 Å². The number of nitrogens with zero attached hydrogens (tertiary/aromatic N) is 3. The van der Waals surface area contributed by atoms with Gasteiger partial charge in [0.05, 0.1) is 12.4 Å². The monoisotopic (exact) mass is 357 g/mol. The highest BCUT2D eigenvalue weighted by molar-refractivity contribution is 5.72. The number of hydrogen-bond donors (Lipinski definition) is 4. The lowest BCUT2D eigenvalue weighted by atomic mass is 10.1. The minimum atomic E-state index is -1.23. The maximum absolute atomic E-state index is 11.7. The van der Waals surface area contributed by atoms with Crippen LogP contribution in [-0.4, -0.2) is 48.9 Å². The summed E-state index contributed by atoms with van der Waals surface area (Å²) < 4.78 is 5.07. The molecule has 2 atom stereocenters. The van der Waals surface area contributed by atoms with E-state index in [1.807, 2.05) is 30.3 Å². The highest BCUT2D eigenvalue weighted by atomic mass is 16.5. The number of aromatic amines is 1. The molecular weight excluding hydrogens is 338 g/mol. The Morgan fingerprint density at radius 2 is 2.00 bits per heavy atom. The number of imidazole rings is 1. The van der Waals surface area contributed by atoms with E-state index in [9.17, 15) is 15.0 Å². The second kappa shape index (κ2) is 8.37. The lowest BCUT2D eigenvalue weighted by molar-refractivity contribution is 0.0119. The average Bonchev–Trinajstić information content (AvgIpc) is 3.15. The first-order valence-electron chi connectivity index (χ1n) is 8.10. The van der Waals surface area contributed by atoms with Gasteiger partial charge >= 0.3 is 6.09 Å². The number of aliphatic hydroxyl groups is 2. The zero-order valence-electron chi connectivity index (χ0n) is 13.9. The van der Waals surface area contributed by atoms with Crippen molar-refractivity contribution >= 4 is 17.3 Å². The number of rotatable bonds is 7. The molecule has 2 aromatic heterocycles. The van der Waals surface area contributed by atoms with Crippen LogP contribution in [0.3, 0.4) is 0 Å². The van der Waals surface area contributed by atoms with Crippen molar-refractivity contribution in [1.82, 2.24) is 25.3 Å². The van der Waals surface area contributed by atoms with Crippen LogP contribution in [0.5, 0.6) is 0 Å². The van der Waals surface area contributed by atoms with Gasteiger partial charge in [-0.3, -0.25) is 0 Å². The molecule has 3 rings (SSSR count). The molecule has 0 radical (unpaired) electrons. The molecule has 3 aromatic rings. The molecule has 136 valence electrons. The van der Waals surface area contributed by atoms with Crippen molar-refractivity contribution in [3.8, 4) is 0 Å². The summed E-state index contributed by atoms with van der Waals surface area (Å²) in [4.78, 5) is 26.4. The Bertz CT molecular complexity index is 854. The van der Waals surface area contributed by atoms with Crippen LogP contribution in [0.2, 0.25) is 0 Å². The second-order valence-electron chi connectivity index (χ2n) is 5.65. The van der Waals surface area contributed by atoms with E-state index in [1.54, 1.807) is 0 Å². The SMILES string of the molecule is O=C(NCCC(O)C(O)c1ncnc2nc[nH]c12)OCc1ccccc1. The first-order chi connectivity index (χ1) is 12.6. The zero-order valence-corrected chi connectivity index (χ0v) is 13.9. The number of benzene rings is 1. The lowest BCUT2D eigenvalue weighted by Crippen LogP contribution is -2.30. The summed E-state index contributed by atoms with van der Waals surface area (Å²) >= 11 is 0. The number of amides is 1. The Balaban J connectivity index is 1.45. The lowest BCUT2D eigenvalue weighted by Gasteiger charge is -2.17. The van der Waals surface area contributed by atoms with Crippen molar-refractivity contribution in [3.05, 3.63) is 54.2 Å². The smallest absolute Gasteiger partial charge is 0.407 e. The minimum Gasteiger partial charge on any atom is -0.445 e. The summed E-state index contributed by atoms with van der Waals surface area (Å²) in [5.74, 6) is 0. The quantitative estimate of drug-likeness (QED) is 0.497. The number of alkyl carbamates (subject to hydrolysis) is 1. The number of fused-ring (bicyclic) bond motifs is 1. The van der Waals surface area contributed by atoms with Gasteiger partial charge in [0.15, 0.2) is 5.65 Å². The fourth-order valence-electron chi connectivity index (χ4n) is 2.44. The number of carbonyl (C=O) groups is 1. The Morgan fingerprint density at radius 3 is 2.81 bits per heavy atom. The molecule has 0 saturated carbocycles. The number of hydrogen-bond acceptors (Lipinski definition) is 7. The predicted octanol–water partition coefficient (Wildman–Crippen LogP) is 1.06. The van der Waals surface area contributed by atoms with Crippen LogP contribution < -0.4 is 5.32 Å². The number of aliphatic hydroxyl groups excluding tert-OH is 2. The molecule has 0 aliphatic heterocycles. The van der Waals surface area contributed by atoms with Gasteiger partial charge < -0.3 is 25.3 Å². The fraction of sp³-hybridized carbons (Fsp3) is 0.294. The molecule has 26 heavy (non-hydrogen) atoms. The molecule has 2 heterocycles. The Hall–Kier alpha value is -3.04. The van der Waals surface area contributed by atoms with Crippen molar-refractivity contribution in [3.63, 3.8) is 0 Å². The number of ether oxygens (including phenoxy) is 1. The van der Waals surface area contributed by atoms with Crippen molar-refractivity contribution in [2.24, 2.45) is 0 Å². The van der Waals surface area contributed by atoms with Crippen molar-refractivity contribution in [2.75, 3.05) is 6.54 Å². The van der Waals surface area contributed by atoms with Gasteiger partial charge in [0.2, 0.25) is 0 Å².